The SMILES string of the molecule is Cn1nccc1-n1nc(CC(N)=O)nc1CCCc1nc2ccccc2s1. The van der Waals surface area contributed by atoms with E-state index in [4.69, 9.17) is 5.73 Å². The molecule has 8 nitrogen and oxygen atoms in total. The molecule has 1 aromatic carbocycles. The predicted molar refractivity (Wildman–Crippen MR) is 103 cm³/mol. The van der Waals surface area contributed by atoms with Crippen molar-refractivity contribution in [2.75, 3.05) is 0 Å². The molecule has 0 aliphatic heterocycles. The topological polar surface area (TPSA) is 105 Å². The number of hydrogen-bond acceptors (Lipinski definition) is 6. The summed E-state index contributed by atoms with van der Waals surface area (Å²) in [7, 11) is 1.84. The zero-order chi connectivity index (χ0) is 18.8. The number of thiazole rings is 1. The molecule has 138 valence electrons. The zero-order valence-corrected chi connectivity index (χ0v) is 15.7. The number of nitrogens with two attached hydrogens (primary N) is 1. The van der Waals surface area contributed by atoms with E-state index >= 15 is 0 Å². The number of carbonyl (C=O) groups excluding carboxylic acids is 1. The van der Waals surface area contributed by atoms with Crippen LogP contribution >= 0.6 is 11.3 Å². The first-order chi connectivity index (χ1) is 13.1. The number of primary amides is 1. The third kappa shape index (κ3) is 3.72. The van der Waals surface area contributed by atoms with Crippen LogP contribution in [0.5, 0.6) is 0 Å². The van der Waals surface area contributed by atoms with Crippen LogP contribution in [0.4, 0.5) is 0 Å². The minimum atomic E-state index is -0.446. The Morgan fingerprint density at radius 2 is 2.04 bits per heavy atom. The molecule has 3 heterocycles. The molecule has 4 aromatic rings. The van der Waals surface area contributed by atoms with Gasteiger partial charge in [0.1, 0.15) is 5.82 Å². The van der Waals surface area contributed by atoms with Crippen molar-refractivity contribution in [3.63, 3.8) is 0 Å². The first-order valence-corrected chi connectivity index (χ1v) is 9.48. The lowest BCUT2D eigenvalue weighted by atomic mass is 10.2. The molecule has 4 rings (SSSR count). The first-order valence-electron chi connectivity index (χ1n) is 8.66. The van der Waals surface area contributed by atoms with Gasteiger partial charge in [-0.2, -0.15) is 9.78 Å². The van der Waals surface area contributed by atoms with E-state index < -0.39 is 5.91 Å². The molecule has 2 N–H and O–H groups in total. The van der Waals surface area contributed by atoms with Crippen molar-refractivity contribution < 1.29 is 4.79 Å². The molecule has 0 atom stereocenters. The molecule has 1 amide bonds. The summed E-state index contributed by atoms with van der Waals surface area (Å²) in [4.78, 5) is 20.4. The molecule has 27 heavy (non-hydrogen) atoms. The summed E-state index contributed by atoms with van der Waals surface area (Å²) in [6.45, 7) is 0. The van der Waals surface area contributed by atoms with Crippen LogP contribution in [0.2, 0.25) is 0 Å². The Balaban J connectivity index is 1.52. The van der Waals surface area contributed by atoms with Crippen LogP contribution in [0.15, 0.2) is 36.5 Å². The minimum Gasteiger partial charge on any atom is -0.369 e. The quantitative estimate of drug-likeness (QED) is 0.526. The third-order valence-electron chi connectivity index (χ3n) is 4.19. The molecular weight excluding hydrogens is 362 g/mol. The van der Waals surface area contributed by atoms with Gasteiger partial charge in [0.05, 0.1) is 27.8 Å². The van der Waals surface area contributed by atoms with E-state index in [0.717, 1.165) is 35.0 Å². The number of amides is 1. The number of nitrogens with zero attached hydrogens (tertiary/aromatic N) is 6. The van der Waals surface area contributed by atoms with Crippen LogP contribution < -0.4 is 5.73 Å². The van der Waals surface area contributed by atoms with Crippen molar-refractivity contribution >= 4 is 27.5 Å². The highest BCUT2D eigenvalue weighted by Gasteiger charge is 2.15. The summed E-state index contributed by atoms with van der Waals surface area (Å²) in [5.41, 5.74) is 6.33. The Kier molecular flexibility index (Phi) is 4.68. The highest BCUT2D eigenvalue weighted by Crippen LogP contribution is 2.23. The van der Waals surface area contributed by atoms with E-state index in [1.54, 1.807) is 26.9 Å². The molecule has 0 bridgehead atoms. The molecule has 0 radical (unpaired) electrons. The van der Waals surface area contributed by atoms with Gasteiger partial charge >= 0.3 is 0 Å². The molecule has 0 aliphatic rings. The van der Waals surface area contributed by atoms with Crippen molar-refractivity contribution in [1.82, 2.24) is 29.5 Å². The van der Waals surface area contributed by atoms with Gasteiger partial charge in [-0.3, -0.25) is 9.48 Å². The molecule has 0 unspecified atom stereocenters. The molecule has 0 saturated heterocycles. The van der Waals surface area contributed by atoms with Gasteiger partial charge in [0.15, 0.2) is 11.6 Å². The van der Waals surface area contributed by atoms with E-state index in [9.17, 15) is 4.79 Å². The molecule has 0 aliphatic carbocycles. The maximum Gasteiger partial charge on any atom is 0.225 e. The normalized spacial score (nSPS) is 11.3. The highest BCUT2D eigenvalue weighted by molar-refractivity contribution is 7.18. The zero-order valence-electron chi connectivity index (χ0n) is 14.9. The van der Waals surface area contributed by atoms with Crippen LogP contribution in [-0.4, -0.2) is 35.4 Å². The van der Waals surface area contributed by atoms with Crippen molar-refractivity contribution in [3.05, 3.63) is 53.2 Å². The average molecular weight is 381 g/mol. The van der Waals surface area contributed by atoms with Gasteiger partial charge in [-0.25, -0.2) is 9.97 Å². The fourth-order valence-electron chi connectivity index (χ4n) is 2.97. The Bertz CT molecular complexity index is 1060. The van der Waals surface area contributed by atoms with Gasteiger partial charge in [-0.05, 0) is 25.0 Å². The summed E-state index contributed by atoms with van der Waals surface area (Å²) >= 11 is 1.72. The predicted octanol–water partition coefficient (Wildman–Crippen LogP) is 1.81. The average Bonchev–Trinajstić information content (AvgIpc) is 3.32. The van der Waals surface area contributed by atoms with Crippen molar-refractivity contribution in [2.24, 2.45) is 12.8 Å². The molecule has 3 aromatic heterocycles. The van der Waals surface area contributed by atoms with E-state index in [2.05, 4.69) is 26.2 Å². The van der Waals surface area contributed by atoms with Gasteiger partial charge in [-0.1, -0.05) is 12.1 Å². The van der Waals surface area contributed by atoms with Crippen LogP contribution in [0.25, 0.3) is 16.0 Å². The van der Waals surface area contributed by atoms with Gasteiger partial charge in [0, 0.05) is 19.5 Å². The van der Waals surface area contributed by atoms with E-state index in [1.165, 1.54) is 4.70 Å². The van der Waals surface area contributed by atoms with Gasteiger partial charge < -0.3 is 5.73 Å². The van der Waals surface area contributed by atoms with Crippen molar-refractivity contribution in [3.8, 4) is 5.82 Å². The maximum atomic E-state index is 11.2. The van der Waals surface area contributed by atoms with E-state index in [0.29, 0.717) is 12.2 Å². The number of hydrogen-bond donors (Lipinski definition) is 1. The monoisotopic (exact) mass is 381 g/mol. The van der Waals surface area contributed by atoms with Crippen molar-refractivity contribution in [2.45, 2.75) is 25.7 Å². The summed E-state index contributed by atoms with van der Waals surface area (Å²) in [6.07, 6.45) is 4.19. The summed E-state index contributed by atoms with van der Waals surface area (Å²) in [6, 6.07) is 10.0. The van der Waals surface area contributed by atoms with Gasteiger partial charge in [0.2, 0.25) is 5.91 Å². The van der Waals surface area contributed by atoms with Crippen LogP contribution in [0.3, 0.4) is 0 Å². The molecule has 9 heteroatoms. The number of fused-ring (bicyclic) bond motifs is 1. The van der Waals surface area contributed by atoms with Gasteiger partial charge in [0.25, 0.3) is 0 Å². The number of aromatic nitrogens is 6. The fraction of sp³-hybridized carbons (Fsp3) is 0.278. The van der Waals surface area contributed by atoms with Crippen molar-refractivity contribution in [1.29, 1.82) is 0 Å². The standard InChI is InChI=1S/C18H19N7OS/c1-24-18(9-10-20-24)25-16(22-15(23-25)11-14(19)26)7-4-8-17-21-12-5-2-3-6-13(12)27-17/h2-3,5-6,9-10H,4,7-8,11H2,1H3,(H2,19,26). The summed E-state index contributed by atoms with van der Waals surface area (Å²) in [5, 5.41) is 9.74. The summed E-state index contributed by atoms with van der Waals surface area (Å²) < 4.78 is 4.66. The number of carbonyl (C=O) groups is 1. The van der Waals surface area contributed by atoms with Crippen LogP contribution in [0.1, 0.15) is 23.1 Å². The third-order valence-corrected chi connectivity index (χ3v) is 5.29. The number of aryl methyl sites for hydroxylation is 3. The fourth-order valence-corrected chi connectivity index (χ4v) is 3.98. The largest absolute Gasteiger partial charge is 0.369 e. The molecule has 0 saturated carbocycles. The van der Waals surface area contributed by atoms with Crippen LogP contribution in [0, 0.1) is 0 Å². The number of rotatable bonds is 7. The Hall–Kier alpha value is -3.07. The first kappa shape index (κ1) is 17.3. The maximum absolute atomic E-state index is 11.2. The Morgan fingerprint density at radius 1 is 1.19 bits per heavy atom. The Labute approximate surface area is 159 Å². The summed E-state index contributed by atoms with van der Waals surface area (Å²) in [5.74, 6) is 1.57. The lowest BCUT2D eigenvalue weighted by Gasteiger charge is -2.05. The lowest BCUT2D eigenvalue weighted by Crippen LogP contribution is -2.15. The second kappa shape index (κ2) is 7.28. The number of benzene rings is 1. The van der Waals surface area contributed by atoms with E-state index in [1.807, 2.05) is 31.3 Å². The van der Waals surface area contributed by atoms with Gasteiger partial charge in [-0.15, -0.1) is 16.4 Å². The smallest absolute Gasteiger partial charge is 0.225 e. The number of para-hydroxylation sites is 1. The Morgan fingerprint density at radius 3 is 2.78 bits per heavy atom. The molecule has 0 fully saturated rings. The van der Waals surface area contributed by atoms with E-state index in [-0.39, 0.29) is 6.42 Å². The lowest BCUT2D eigenvalue weighted by molar-refractivity contribution is -0.117. The molecular formula is C18H19N7OS. The highest BCUT2D eigenvalue weighted by atomic mass is 32.1. The minimum absolute atomic E-state index is 0.0235. The van der Waals surface area contributed by atoms with Crippen LogP contribution in [-0.2, 0) is 31.1 Å². The molecule has 0 spiro atoms. The second-order valence-corrected chi connectivity index (χ2v) is 7.36. The second-order valence-electron chi connectivity index (χ2n) is 6.24.